The number of ether oxygens (including phenoxy) is 1. The Hall–Kier alpha value is -0.120. The second-order valence-corrected chi connectivity index (χ2v) is 7.76. The molecule has 1 saturated heterocycles. The van der Waals surface area contributed by atoms with Gasteiger partial charge in [-0.3, -0.25) is 4.90 Å². The molecule has 0 radical (unpaired) electrons. The normalized spacial score (nSPS) is 36.5. The van der Waals surface area contributed by atoms with Crippen LogP contribution < -0.4 is 5.32 Å². The van der Waals surface area contributed by atoms with Gasteiger partial charge in [0.25, 0.3) is 0 Å². The summed E-state index contributed by atoms with van der Waals surface area (Å²) in [5.41, 5.74) is 0.236. The molecule has 1 aliphatic heterocycles. The molecule has 4 atom stereocenters. The molecule has 2 bridgehead atoms. The standard InChI is InChI=1S/C17H32N2O/c1-17(2,19-6-8-20-9-7-19)16(18-3)12-15-11-13-4-5-14(15)10-13/h13-16,18H,4-12H2,1-3H3. The van der Waals surface area contributed by atoms with Crippen LogP contribution in [0.2, 0.25) is 0 Å². The van der Waals surface area contributed by atoms with Gasteiger partial charge in [-0.25, -0.2) is 0 Å². The summed E-state index contributed by atoms with van der Waals surface area (Å²) in [4.78, 5) is 2.63. The van der Waals surface area contributed by atoms with E-state index in [-0.39, 0.29) is 5.54 Å². The van der Waals surface area contributed by atoms with E-state index in [0.29, 0.717) is 6.04 Å². The van der Waals surface area contributed by atoms with Crippen LogP contribution in [0.5, 0.6) is 0 Å². The van der Waals surface area contributed by atoms with Gasteiger partial charge in [0.15, 0.2) is 0 Å². The molecule has 0 amide bonds. The first-order valence-electron chi connectivity index (χ1n) is 8.61. The largest absolute Gasteiger partial charge is 0.379 e. The molecule has 20 heavy (non-hydrogen) atoms. The Morgan fingerprint density at radius 2 is 1.95 bits per heavy atom. The van der Waals surface area contributed by atoms with Gasteiger partial charge in [-0.05, 0) is 64.3 Å². The van der Waals surface area contributed by atoms with Crippen molar-refractivity contribution in [2.75, 3.05) is 33.4 Å². The van der Waals surface area contributed by atoms with Gasteiger partial charge in [-0.1, -0.05) is 6.42 Å². The van der Waals surface area contributed by atoms with Crippen LogP contribution in [-0.4, -0.2) is 49.8 Å². The molecular formula is C17H32N2O. The highest BCUT2D eigenvalue weighted by Gasteiger charge is 2.43. The van der Waals surface area contributed by atoms with Gasteiger partial charge in [-0.2, -0.15) is 0 Å². The summed E-state index contributed by atoms with van der Waals surface area (Å²) in [6, 6.07) is 0.602. The number of rotatable bonds is 5. The van der Waals surface area contributed by atoms with Crippen molar-refractivity contribution >= 4 is 0 Å². The Balaban J connectivity index is 1.62. The van der Waals surface area contributed by atoms with Gasteiger partial charge >= 0.3 is 0 Å². The smallest absolute Gasteiger partial charge is 0.0594 e. The third-order valence-corrected chi connectivity index (χ3v) is 6.45. The van der Waals surface area contributed by atoms with E-state index in [4.69, 9.17) is 4.74 Å². The third kappa shape index (κ3) is 2.77. The van der Waals surface area contributed by atoms with Crippen molar-refractivity contribution in [3.8, 4) is 0 Å². The number of nitrogens with zero attached hydrogens (tertiary/aromatic N) is 1. The van der Waals surface area contributed by atoms with Crippen molar-refractivity contribution in [3.63, 3.8) is 0 Å². The average Bonchev–Trinajstić information content (AvgIpc) is 3.08. The maximum Gasteiger partial charge on any atom is 0.0594 e. The predicted octanol–water partition coefficient (Wildman–Crippen LogP) is 2.51. The highest BCUT2D eigenvalue weighted by molar-refractivity contribution is 4.98. The van der Waals surface area contributed by atoms with Crippen LogP contribution in [-0.2, 0) is 4.74 Å². The van der Waals surface area contributed by atoms with Gasteiger partial charge in [-0.15, -0.1) is 0 Å². The van der Waals surface area contributed by atoms with Crippen molar-refractivity contribution < 1.29 is 4.74 Å². The van der Waals surface area contributed by atoms with E-state index < -0.39 is 0 Å². The van der Waals surface area contributed by atoms with E-state index >= 15 is 0 Å². The summed E-state index contributed by atoms with van der Waals surface area (Å²) in [7, 11) is 2.15. The zero-order chi connectivity index (χ0) is 14.2. The lowest BCUT2D eigenvalue weighted by Crippen LogP contribution is -2.60. The number of hydrogen-bond acceptors (Lipinski definition) is 3. The SMILES string of the molecule is CNC(CC1CC2CCC1C2)C(C)(C)N1CCOCC1. The fraction of sp³-hybridized carbons (Fsp3) is 1.00. The zero-order valence-electron chi connectivity index (χ0n) is 13.5. The fourth-order valence-corrected chi connectivity index (χ4v) is 5.09. The Labute approximate surface area is 124 Å². The summed E-state index contributed by atoms with van der Waals surface area (Å²) in [6.45, 7) is 8.81. The first-order valence-corrected chi connectivity index (χ1v) is 8.61. The van der Waals surface area contributed by atoms with Crippen LogP contribution in [0.3, 0.4) is 0 Å². The van der Waals surface area contributed by atoms with Crippen LogP contribution in [0, 0.1) is 17.8 Å². The van der Waals surface area contributed by atoms with Gasteiger partial charge < -0.3 is 10.1 Å². The van der Waals surface area contributed by atoms with E-state index in [1.165, 1.54) is 32.1 Å². The summed E-state index contributed by atoms with van der Waals surface area (Å²) in [5.74, 6) is 3.08. The highest BCUT2D eigenvalue weighted by atomic mass is 16.5. The quantitative estimate of drug-likeness (QED) is 0.837. The van der Waals surface area contributed by atoms with Gasteiger partial charge in [0.1, 0.15) is 0 Å². The van der Waals surface area contributed by atoms with Crippen molar-refractivity contribution in [2.45, 2.75) is 57.5 Å². The molecule has 4 unspecified atom stereocenters. The maximum atomic E-state index is 5.52. The Kier molecular flexibility index (Phi) is 4.40. The summed E-state index contributed by atoms with van der Waals surface area (Å²) in [6.07, 6.45) is 7.41. The minimum Gasteiger partial charge on any atom is -0.379 e. The second-order valence-electron chi connectivity index (χ2n) is 7.76. The number of fused-ring (bicyclic) bond motifs is 2. The number of nitrogens with one attached hydrogen (secondary N) is 1. The lowest BCUT2D eigenvalue weighted by Gasteiger charge is -2.47. The van der Waals surface area contributed by atoms with Crippen molar-refractivity contribution in [3.05, 3.63) is 0 Å². The van der Waals surface area contributed by atoms with Crippen molar-refractivity contribution in [1.82, 2.24) is 10.2 Å². The van der Waals surface area contributed by atoms with E-state index in [0.717, 1.165) is 44.1 Å². The molecule has 0 spiro atoms. The minimum atomic E-state index is 0.236. The number of morpholine rings is 1. The molecule has 0 aromatic rings. The van der Waals surface area contributed by atoms with Crippen molar-refractivity contribution in [2.24, 2.45) is 17.8 Å². The highest BCUT2D eigenvalue weighted by Crippen LogP contribution is 2.50. The topological polar surface area (TPSA) is 24.5 Å². The molecule has 2 saturated carbocycles. The molecule has 0 aromatic heterocycles. The van der Waals surface area contributed by atoms with E-state index in [9.17, 15) is 0 Å². The summed E-state index contributed by atoms with van der Waals surface area (Å²) in [5, 5.41) is 3.64. The Morgan fingerprint density at radius 1 is 1.20 bits per heavy atom. The summed E-state index contributed by atoms with van der Waals surface area (Å²) < 4.78 is 5.52. The average molecular weight is 280 g/mol. The van der Waals surface area contributed by atoms with Crippen LogP contribution in [0.15, 0.2) is 0 Å². The fourth-order valence-electron chi connectivity index (χ4n) is 5.09. The minimum absolute atomic E-state index is 0.236. The van der Waals surface area contributed by atoms with E-state index in [1.807, 2.05) is 0 Å². The molecule has 3 nitrogen and oxygen atoms in total. The first kappa shape index (κ1) is 14.8. The van der Waals surface area contributed by atoms with Crippen molar-refractivity contribution in [1.29, 1.82) is 0 Å². The van der Waals surface area contributed by atoms with Gasteiger partial charge in [0.05, 0.1) is 13.2 Å². The predicted molar refractivity (Wildman–Crippen MR) is 82.9 cm³/mol. The van der Waals surface area contributed by atoms with Crippen LogP contribution >= 0.6 is 0 Å². The van der Waals surface area contributed by atoms with Crippen LogP contribution in [0.4, 0.5) is 0 Å². The molecule has 3 rings (SSSR count). The Morgan fingerprint density at radius 3 is 2.50 bits per heavy atom. The second kappa shape index (κ2) is 5.94. The lowest BCUT2D eigenvalue weighted by molar-refractivity contribution is -0.0263. The van der Waals surface area contributed by atoms with E-state index in [1.54, 1.807) is 0 Å². The Bertz CT molecular complexity index is 325. The molecule has 1 N–H and O–H groups in total. The molecular weight excluding hydrogens is 248 g/mol. The van der Waals surface area contributed by atoms with Crippen LogP contribution in [0.1, 0.15) is 46.0 Å². The van der Waals surface area contributed by atoms with E-state index in [2.05, 4.69) is 31.1 Å². The number of likely N-dealkylation sites (N-methyl/N-ethyl adjacent to an activating group) is 1. The first-order chi connectivity index (χ1) is 9.61. The summed E-state index contributed by atoms with van der Waals surface area (Å²) >= 11 is 0. The number of hydrogen-bond donors (Lipinski definition) is 1. The molecule has 0 aromatic carbocycles. The molecule has 116 valence electrons. The van der Waals surface area contributed by atoms with Gasteiger partial charge in [0.2, 0.25) is 0 Å². The monoisotopic (exact) mass is 280 g/mol. The third-order valence-electron chi connectivity index (χ3n) is 6.45. The van der Waals surface area contributed by atoms with Gasteiger partial charge in [0, 0.05) is 24.7 Å². The molecule has 3 fully saturated rings. The molecule has 1 heterocycles. The zero-order valence-corrected chi connectivity index (χ0v) is 13.5. The molecule has 3 heteroatoms. The van der Waals surface area contributed by atoms with Crippen LogP contribution in [0.25, 0.3) is 0 Å². The molecule has 3 aliphatic rings. The molecule has 2 aliphatic carbocycles. The maximum absolute atomic E-state index is 5.52. The lowest BCUT2D eigenvalue weighted by atomic mass is 9.79.